The van der Waals surface area contributed by atoms with Gasteiger partial charge in [-0.15, -0.1) is 0 Å². The third kappa shape index (κ3) is 3.20. The van der Waals surface area contributed by atoms with Crippen LogP contribution in [0.15, 0.2) is 24.3 Å². The summed E-state index contributed by atoms with van der Waals surface area (Å²) < 4.78 is 13.2. The van der Waals surface area contributed by atoms with E-state index in [0.29, 0.717) is 16.1 Å². The smallest absolute Gasteiger partial charge is 0.309 e. The van der Waals surface area contributed by atoms with Crippen molar-refractivity contribution in [3.8, 4) is 11.1 Å². The molecule has 2 aromatic rings. The van der Waals surface area contributed by atoms with Gasteiger partial charge >= 0.3 is 5.97 Å². The molecule has 0 aliphatic rings. The van der Waals surface area contributed by atoms with Crippen molar-refractivity contribution < 1.29 is 14.3 Å². The number of nitrogens with zero attached hydrogens (tertiary/aromatic N) is 1. The molecule has 0 radical (unpaired) electrons. The van der Waals surface area contributed by atoms with Crippen molar-refractivity contribution in [1.82, 2.24) is 4.98 Å². The van der Waals surface area contributed by atoms with Crippen LogP contribution in [0.1, 0.15) is 5.69 Å². The Morgan fingerprint density at radius 3 is 2.55 bits per heavy atom. The maximum Gasteiger partial charge on any atom is 0.309 e. The monoisotopic (exact) mass is 333 g/mol. The number of carbonyl (C=O) groups is 1. The lowest BCUT2D eigenvalue weighted by molar-refractivity contribution is -0.136. The van der Waals surface area contributed by atoms with E-state index < -0.39 is 18.3 Å². The minimum atomic E-state index is -1.13. The first kappa shape index (κ1) is 15.0. The first-order chi connectivity index (χ1) is 9.38. The molecule has 1 aromatic heterocycles. The second-order valence-corrected chi connectivity index (χ2v) is 5.17. The van der Waals surface area contributed by atoms with E-state index in [1.54, 1.807) is 0 Å². The summed E-state index contributed by atoms with van der Waals surface area (Å²) in [6.07, 6.45) is -0.437. The third-order valence-electron chi connectivity index (χ3n) is 2.54. The summed E-state index contributed by atoms with van der Waals surface area (Å²) in [4.78, 5) is 14.4. The van der Waals surface area contributed by atoms with Crippen LogP contribution in [0.4, 0.5) is 4.39 Å². The highest BCUT2D eigenvalue weighted by atomic mass is 35.5. The molecule has 1 N–H and O–H groups in total. The normalized spacial score (nSPS) is 10.6. The zero-order valence-electron chi connectivity index (χ0n) is 9.83. The van der Waals surface area contributed by atoms with Crippen molar-refractivity contribution in [3.63, 3.8) is 0 Å². The summed E-state index contributed by atoms with van der Waals surface area (Å²) >= 11 is 17.9. The van der Waals surface area contributed by atoms with Gasteiger partial charge in [-0.2, -0.15) is 4.39 Å². The quantitative estimate of drug-likeness (QED) is 0.665. The van der Waals surface area contributed by atoms with Crippen LogP contribution in [0, 0.1) is 5.95 Å². The number of aliphatic carboxylic acids is 1. The van der Waals surface area contributed by atoms with E-state index in [0.717, 1.165) is 6.07 Å². The zero-order chi connectivity index (χ0) is 14.9. The minimum absolute atomic E-state index is 0.0535. The highest BCUT2D eigenvalue weighted by molar-refractivity contribution is 6.45. The Kier molecular flexibility index (Phi) is 4.48. The van der Waals surface area contributed by atoms with Gasteiger partial charge in [-0.25, -0.2) is 4.98 Å². The van der Waals surface area contributed by atoms with E-state index in [-0.39, 0.29) is 15.7 Å². The summed E-state index contributed by atoms with van der Waals surface area (Å²) in [5, 5.41) is 9.62. The average Bonchev–Trinajstić information content (AvgIpc) is 2.33. The molecule has 2 rings (SSSR count). The SMILES string of the molecule is O=C(O)Cc1nc(F)ccc1-c1cc(Cl)cc(Cl)c1Cl. The molecule has 20 heavy (non-hydrogen) atoms. The molecule has 1 aromatic carbocycles. The first-order valence-electron chi connectivity index (χ1n) is 5.40. The highest BCUT2D eigenvalue weighted by Crippen LogP contribution is 2.37. The van der Waals surface area contributed by atoms with E-state index in [2.05, 4.69) is 4.98 Å². The van der Waals surface area contributed by atoms with Gasteiger partial charge in [0.15, 0.2) is 0 Å². The third-order valence-corrected chi connectivity index (χ3v) is 3.56. The number of pyridine rings is 1. The Labute approximate surface area is 128 Å². The number of carboxylic acids is 1. The predicted octanol–water partition coefficient (Wildman–Crippen LogP) is 4.48. The largest absolute Gasteiger partial charge is 0.481 e. The zero-order valence-corrected chi connectivity index (χ0v) is 12.1. The van der Waals surface area contributed by atoms with Gasteiger partial charge in [-0.05, 0) is 24.3 Å². The fraction of sp³-hybridized carbons (Fsp3) is 0.0769. The lowest BCUT2D eigenvalue weighted by atomic mass is 10.0. The molecular weight excluding hydrogens is 328 g/mol. The van der Waals surface area contributed by atoms with Gasteiger partial charge < -0.3 is 5.11 Å². The topological polar surface area (TPSA) is 50.2 Å². The van der Waals surface area contributed by atoms with Crippen molar-refractivity contribution in [2.45, 2.75) is 6.42 Å². The second kappa shape index (κ2) is 5.95. The summed E-state index contributed by atoms with van der Waals surface area (Å²) in [5.74, 6) is -1.90. The van der Waals surface area contributed by atoms with Gasteiger partial charge in [0.05, 0.1) is 22.2 Å². The lowest BCUT2D eigenvalue weighted by Crippen LogP contribution is -2.05. The van der Waals surface area contributed by atoms with Gasteiger partial charge in [-0.1, -0.05) is 34.8 Å². The van der Waals surface area contributed by atoms with Crippen LogP contribution in [0.2, 0.25) is 15.1 Å². The Morgan fingerprint density at radius 1 is 1.20 bits per heavy atom. The van der Waals surface area contributed by atoms with Crippen molar-refractivity contribution in [1.29, 1.82) is 0 Å². The van der Waals surface area contributed by atoms with Crippen molar-refractivity contribution in [2.75, 3.05) is 0 Å². The van der Waals surface area contributed by atoms with Crippen molar-refractivity contribution >= 4 is 40.8 Å². The number of hydrogen-bond donors (Lipinski definition) is 1. The fourth-order valence-electron chi connectivity index (χ4n) is 1.75. The molecule has 0 saturated heterocycles. The molecule has 0 bridgehead atoms. The van der Waals surface area contributed by atoms with Gasteiger partial charge in [0.1, 0.15) is 0 Å². The number of benzene rings is 1. The van der Waals surface area contributed by atoms with Crippen LogP contribution < -0.4 is 0 Å². The van der Waals surface area contributed by atoms with Gasteiger partial charge in [0, 0.05) is 16.1 Å². The standard InChI is InChI=1S/C13H7Cl3FNO2/c14-6-3-8(13(16)9(15)4-6)7-1-2-11(17)18-10(7)5-12(19)20/h1-4H,5H2,(H,19,20). The maximum atomic E-state index is 13.2. The molecule has 7 heteroatoms. The molecular formula is C13H7Cl3FNO2. The molecule has 0 spiro atoms. The van der Waals surface area contributed by atoms with E-state index in [9.17, 15) is 9.18 Å². The molecule has 0 unspecified atom stereocenters. The lowest BCUT2D eigenvalue weighted by Gasteiger charge is -2.11. The van der Waals surface area contributed by atoms with Gasteiger partial charge in [0.25, 0.3) is 0 Å². The summed E-state index contributed by atoms with van der Waals surface area (Å²) in [6, 6.07) is 5.50. The number of carboxylic acid groups (broad SMARTS) is 1. The number of aromatic nitrogens is 1. The second-order valence-electron chi connectivity index (χ2n) is 3.95. The fourth-order valence-corrected chi connectivity index (χ4v) is 2.45. The van der Waals surface area contributed by atoms with E-state index in [4.69, 9.17) is 39.9 Å². The number of hydrogen-bond acceptors (Lipinski definition) is 2. The van der Waals surface area contributed by atoms with Crippen molar-refractivity contribution in [2.24, 2.45) is 0 Å². The van der Waals surface area contributed by atoms with Crippen LogP contribution in [0.25, 0.3) is 11.1 Å². The molecule has 0 amide bonds. The predicted molar refractivity (Wildman–Crippen MR) is 76.0 cm³/mol. The Hall–Kier alpha value is -1.36. The number of halogens is 4. The van der Waals surface area contributed by atoms with Gasteiger partial charge in [-0.3, -0.25) is 4.79 Å². The number of rotatable bonds is 3. The van der Waals surface area contributed by atoms with Crippen LogP contribution in [0.3, 0.4) is 0 Å². The molecule has 0 saturated carbocycles. The average molecular weight is 335 g/mol. The molecule has 0 aliphatic carbocycles. The Morgan fingerprint density at radius 2 is 1.90 bits per heavy atom. The Balaban J connectivity index is 2.66. The van der Waals surface area contributed by atoms with Crippen LogP contribution in [-0.4, -0.2) is 16.1 Å². The molecule has 0 atom stereocenters. The van der Waals surface area contributed by atoms with Crippen LogP contribution >= 0.6 is 34.8 Å². The van der Waals surface area contributed by atoms with E-state index >= 15 is 0 Å². The summed E-state index contributed by atoms with van der Waals surface area (Å²) in [5.41, 5.74) is 0.842. The summed E-state index contributed by atoms with van der Waals surface area (Å²) in [7, 11) is 0. The first-order valence-corrected chi connectivity index (χ1v) is 6.54. The molecule has 1 heterocycles. The molecule has 0 fully saturated rings. The molecule has 3 nitrogen and oxygen atoms in total. The van der Waals surface area contributed by atoms with E-state index in [1.165, 1.54) is 18.2 Å². The van der Waals surface area contributed by atoms with Crippen LogP contribution in [-0.2, 0) is 11.2 Å². The Bertz CT molecular complexity index is 692. The molecule has 104 valence electrons. The highest BCUT2D eigenvalue weighted by Gasteiger charge is 2.16. The minimum Gasteiger partial charge on any atom is -0.481 e. The maximum absolute atomic E-state index is 13.2. The van der Waals surface area contributed by atoms with Crippen LogP contribution in [0.5, 0.6) is 0 Å². The van der Waals surface area contributed by atoms with Gasteiger partial charge in [0.2, 0.25) is 5.95 Å². The summed E-state index contributed by atoms with van der Waals surface area (Å²) in [6.45, 7) is 0. The van der Waals surface area contributed by atoms with Crippen molar-refractivity contribution in [3.05, 3.63) is 51.0 Å². The molecule has 0 aliphatic heterocycles. The van der Waals surface area contributed by atoms with E-state index in [1.807, 2.05) is 0 Å².